The number of aromatic nitrogens is 2. The number of carbonyl (C=O) groups is 1. The summed E-state index contributed by atoms with van der Waals surface area (Å²) < 4.78 is 12.9. The van der Waals surface area contributed by atoms with Crippen LogP contribution in [0.3, 0.4) is 0 Å². The third kappa shape index (κ3) is 3.85. The summed E-state index contributed by atoms with van der Waals surface area (Å²) in [6, 6.07) is 5.42. The molecule has 1 fully saturated rings. The Morgan fingerprint density at radius 2 is 2.17 bits per heavy atom. The van der Waals surface area contributed by atoms with Crippen LogP contribution in [0.4, 0.5) is 0 Å². The molecule has 0 aromatic carbocycles. The number of morpholine rings is 1. The smallest absolute Gasteiger partial charge is 0.244 e. The monoisotopic (exact) mass is 332 g/mol. The molecule has 7 nitrogen and oxygen atoms in total. The van der Waals surface area contributed by atoms with Crippen LogP contribution in [-0.2, 0) is 9.53 Å². The van der Waals surface area contributed by atoms with Gasteiger partial charge in [0.05, 0.1) is 19.3 Å². The lowest BCUT2D eigenvalue weighted by Gasteiger charge is -2.33. The Morgan fingerprint density at radius 1 is 1.38 bits per heavy atom. The molecule has 0 bridgehead atoms. The van der Waals surface area contributed by atoms with Crippen LogP contribution in [-0.4, -0.2) is 53.4 Å². The molecule has 1 amide bonds. The fourth-order valence-corrected chi connectivity index (χ4v) is 2.91. The average Bonchev–Trinajstić information content (AvgIpc) is 3.27. The van der Waals surface area contributed by atoms with E-state index >= 15 is 0 Å². The summed E-state index contributed by atoms with van der Waals surface area (Å²) in [6.07, 6.45) is 3.46. The van der Waals surface area contributed by atoms with Crippen molar-refractivity contribution in [3.05, 3.63) is 42.1 Å². The van der Waals surface area contributed by atoms with Crippen LogP contribution in [0.25, 0.3) is 0 Å². The van der Waals surface area contributed by atoms with Gasteiger partial charge in [-0.05, 0) is 32.0 Å². The molecular weight excluding hydrogens is 308 g/mol. The van der Waals surface area contributed by atoms with Gasteiger partial charge in [-0.3, -0.25) is 14.4 Å². The van der Waals surface area contributed by atoms with Crippen molar-refractivity contribution in [2.75, 3.05) is 32.8 Å². The Labute approximate surface area is 141 Å². The number of aryl methyl sites for hydroxylation is 1. The van der Waals surface area contributed by atoms with Crippen LogP contribution >= 0.6 is 0 Å². The predicted molar refractivity (Wildman–Crippen MR) is 88.5 cm³/mol. The number of hydrogen-bond acceptors (Lipinski definition) is 5. The van der Waals surface area contributed by atoms with E-state index < -0.39 is 0 Å². The van der Waals surface area contributed by atoms with Gasteiger partial charge in [-0.1, -0.05) is 0 Å². The molecule has 2 aromatic heterocycles. The fourth-order valence-electron chi connectivity index (χ4n) is 2.91. The van der Waals surface area contributed by atoms with Crippen molar-refractivity contribution in [3.63, 3.8) is 0 Å². The van der Waals surface area contributed by atoms with Gasteiger partial charge in [0.15, 0.2) is 0 Å². The van der Waals surface area contributed by atoms with Crippen molar-refractivity contribution in [1.82, 2.24) is 20.0 Å². The van der Waals surface area contributed by atoms with Gasteiger partial charge in [-0.25, -0.2) is 0 Å². The second kappa shape index (κ2) is 7.63. The van der Waals surface area contributed by atoms with Crippen LogP contribution in [0.1, 0.15) is 30.5 Å². The molecule has 7 heteroatoms. The number of hydrogen-bond donors (Lipinski definition) is 1. The highest BCUT2D eigenvalue weighted by molar-refractivity contribution is 5.79. The summed E-state index contributed by atoms with van der Waals surface area (Å²) >= 11 is 0. The van der Waals surface area contributed by atoms with Crippen molar-refractivity contribution in [2.24, 2.45) is 0 Å². The molecular formula is C17H24N4O3. The average molecular weight is 332 g/mol. The van der Waals surface area contributed by atoms with E-state index in [1.54, 1.807) is 17.1 Å². The maximum absolute atomic E-state index is 12.4. The third-order valence-electron chi connectivity index (χ3n) is 4.35. The number of furan rings is 1. The lowest BCUT2D eigenvalue weighted by molar-refractivity contribution is -0.124. The standard InChI is InChI=1S/C17H24N4O3/c1-13-4-5-16(24-13)15(20-8-10-23-11-9-20)12-18-17(22)14(2)21-7-3-6-19-21/h3-7,14-15H,8-12H2,1-2H3,(H,18,22)/t14-,15-/m0/s1. The number of amides is 1. The van der Waals surface area contributed by atoms with Crippen LogP contribution in [0.2, 0.25) is 0 Å². The lowest BCUT2D eigenvalue weighted by Crippen LogP contribution is -2.44. The summed E-state index contributed by atoms with van der Waals surface area (Å²) in [5.74, 6) is 1.70. The Bertz CT molecular complexity index is 647. The Morgan fingerprint density at radius 3 is 2.79 bits per heavy atom. The van der Waals surface area contributed by atoms with E-state index in [4.69, 9.17) is 9.15 Å². The molecule has 0 spiro atoms. The SMILES string of the molecule is Cc1ccc([C@H](CNC(=O)[C@H](C)n2cccn2)N2CCOCC2)o1. The van der Waals surface area contributed by atoms with Gasteiger partial charge in [0.25, 0.3) is 0 Å². The highest BCUT2D eigenvalue weighted by atomic mass is 16.5. The first-order valence-electron chi connectivity index (χ1n) is 8.30. The molecule has 1 aliphatic rings. The second-order valence-electron chi connectivity index (χ2n) is 6.02. The zero-order valence-electron chi connectivity index (χ0n) is 14.1. The first-order valence-corrected chi connectivity index (χ1v) is 8.30. The van der Waals surface area contributed by atoms with Gasteiger partial charge in [0, 0.05) is 32.0 Å². The summed E-state index contributed by atoms with van der Waals surface area (Å²) in [5, 5.41) is 7.16. The van der Waals surface area contributed by atoms with Gasteiger partial charge in [-0.2, -0.15) is 5.10 Å². The van der Waals surface area contributed by atoms with E-state index in [-0.39, 0.29) is 18.0 Å². The predicted octanol–water partition coefficient (Wildman–Crippen LogP) is 1.54. The van der Waals surface area contributed by atoms with Crippen molar-refractivity contribution >= 4 is 5.91 Å². The Kier molecular flexibility index (Phi) is 5.32. The van der Waals surface area contributed by atoms with E-state index in [1.807, 2.05) is 32.0 Å². The van der Waals surface area contributed by atoms with Crippen molar-refractivity contribution in [3.8, 4) is 0 Å². The Hall–Kier alpha value is -2.12. The van der Waals surface area contributed by atoms with Gasteiger partial charge >= 0.3 is 0 Å². The zero-order chi connectivity index (χ0) is 16.9. The summed E-state index contributed by atoms with van der Waals surface area (Å²) in [7, 11) is 0. The first-order chi connectivity index (χ1) is 11.6. The van der Waals surface area contributed by atoms with Crippen LogP contribution < -0.4 is 5.32 Å². The van der Waals surface area contributed by atoms with Crippen molar-refractivity contribution in [1.29, 1.82) is 0 Å². The molecule has 0 radical (unpaired) electrons. The van der Waals surface area contributed by atoms with E-state index in [2.05, 4.69) is 15.3 Å². The maximum atomic E-state index is 12.4. The molecule has 1 aliphatic heterocycles. The summed E-state index contributed by atoms with van der Waals surface area (Å²) in [6.45, 7) is 7.32. The van der Waals surface area contributed by atoms with Crippen molar-refractivity contribution in [2.45, 2.75) is 25.9 Å². The molecule has 2 atom stereocenters. The van der Waals surface area contributed by atoms with Crippen LogP contribution in [0.5, 0.6) is 0 Å². The first kappa shape index (κ1) is 16.7. The van der Waals surface area contributed by atoms with Crippen molar-refractivity contribution < 1.29 is 13.9 Å². The topological polar surface area (TPSA) is 72.5 Å². The minimum absolute atomic E-state index is 0.0105. The molecule has 3 rings (SSSR count). The third-order valence-corrected chi connectivity index (χ3v) is 4.35. The maximum Gasteiger partial charge on any atom is 0.244 e. The molecule has 0 unspecified atom stereocenters. The number of rotatable bonds is 6. The Balaban J connectivity index is 1.66. The van der Waals surface area contributed by atoms with Gasteiger partial charge < -0.3 is 14.5 Å². The normalized spacial score (nSPS) is 18.2. The lowest BCUT2D eigenvalue weighted by atomic mass is 10.1. The number of ether oxygens (including phenoxy) is 1. The molecule has 2 aromatic rings. The number of nitrogens with one attached hydrogen (secondary N) is 1. The van der Waals surface area contributed by atoms with Crippen LogP contribution in [0, 0.1) is 6.92 Å². The highest BCUT2D eigenvalue weighted by Gasteiger charge is 2.26. The quantitative estimate of drug-likeness (QED) is 0.869. The van der Waals surface area contributed by atoms with E-state index in [9.17, 15) is 4.79 Å². The molecule has 3 heterocycles. The molecule has 1 N–H and O–H groups in total. The minimum atomic E-state index is -0.344. The number of nitrogens with zero attached hydrogens (tertiary/aromatic N) is 3. The largest absolute Gasteiger partial charge is 0.465 e. The van der Waals surface area contributed by atoms with Gasteiger partial charge in [0.2, 0.25) is 5.91 Å². The summed E-state index contributed by atoms with van der Waals surface area (Å²) in [4.78, 5) is 14.7. The highest BCUT2D eigenvalue weighted by Crippen LogP contribution is 2.23. The molecule has 1 saturated heterocycles. The van der Waals surface area contributed by atoms with E-state index in [0.717, 1.165) is 24.6 Å². The second-order valence-corrected chi connectivity index (χ2v) is 6.02. The molecule has 0 saturated carbocycles. The fraction of sp³-hybridized carbons (Fsp3) is 0.529. The summed E-state index contributed by atoms with van der Waals surface area (Å²) in [5.41, 5.74) is 0. The zero-order valence-corrected chi connectivity index (χ0v) is 14.1. The minimum Gasteiger partial charge on any atom is -0.465 e. The van der Waals surface area contributed by atoms with E-state index in [0.29, 0.717) is 19.8 Å². The van der Waals surface area contributed by atoms with Gasteiger partial charge in [0.1, 0.15) is 17.6 Å². The molecule has 130 valence electrons. The van der Waals surface area contributed by atoms with Gasteiger partial charge in [-0.15, -0.1) is 0 Å². The van der Waals surface area contributed by atoms with Crippen LogP contribution in [0.15, 0.2) is 35.0 Å². The molecule has 0 aliphatic carbocycles. The number of carbonyl (C=O) groups excluding carboxylic acids is 1. The molecule has 24 heavy (non-hydrogen) atoms. The van der Waals surface area contributed by atoms with E-state index in [1.165, 1.54) is 0 Å².